The molecule has 3 aliphatic rings. The van der Waals surface area contributed by atoms with Crippen LogP contribution in [0.5, 0.6) is 5.75 Å². The first kappa shape index (κ1) is 19.1. The highest BCUT2D eigenvalue weighted by atomic mass is 16.9. The summed E-state index contributed by atoms with van der Waals surface area (Å²) >= 11 is 0. The molecule has 3 fully saturated rings. The van der Waals surface area contributed by atoms with Crippen molar-refractivity contribution in [1.29, 1.82) is 10.5 Å². The van der Waals surface area contributed by atoms with Crippen molar-refractivity contribution >= 4 is 0 Å². The highest BCUT2D eigenvalue weighted by Crippen LogP contribution is 2.46. The third kappa shape index (κ3) is 3.14. The van der Waals surface area contributed by atoms with E-state index in [0.29, 0.717) is 0 Å². The first-order valence-corrected chi connectivity index (χ1v) is 9.10. The van der Waals surface area contributed by atoms with Gasteiger partial charge in [0.2, 0.25) is 0 Å². The first-order valence-electron chi connectivity index (χ1n) is 9.10. The monoisotopic (exact) mass is 386 g/mol. The maximum atomic E-state index is 9.53. The van der Waals surface area contributed by atoms with Gasteiger partial charge in [-0.25, -0.2) is 0 Å². The minimum absolute atomic E-state index is 0.166. The summed E-state index contributed by atoms with van der Waals surface area (Å²) in [5.41, 5.74) is -0.554. The molecule has 4 rings (SSSR count). The number of benzene rings is 1. The van der Waals surface area contributed by atoms with Gasteiger partial charge in [-0.15, -0.1) is 0 Å². The van der Waals surface area contributed by atoms with Crippen LogP contribution >= 0.6 is 0 Å². The first-order chi connectivity index (χ1) is 13.2. The lowest BCUT2D eigenvalue weighted by Crippen LogP contribution is -2.60. The molecular weight excluding hydrogens is 364 g/mol. The van der Waals surface area contributed by atoms with Crippen LogP contribution in [0.25, 0.3) is 0 Å². The summed E-state index contributed by atoms with van der Waals surface area (Å²) in [6.07, 6.45) is -1.85. The Labute approximate surface area is 163 Å². The molecule has 0 radical (unpaired) electrons. The molecule has 0 N–H and O–H groups in total. The third-order valence-electron chi connectivity index (χ3n) is 5.10. The van der Waals surface area contributed by atoms with Crippen molar-refractivity contribution in [2.75, 3.05) is 13.2 Å². The normalized spacial score (nSPS) is 31.7. The maximum absolute atomic E-state index is 9.53. The SMILES string of the molecule is CC1(C)OCC2(CO1)OC1OC(C)(C)OC1C2Oc1cccc(C#N)c1C#N. The average molecular weight is 386 g/mol. The highest BCUT2D eigenvalue weighted by Gasteiger charge is 2.65. The molecule has 8 nitrogen and oxygen atoms in total. The Bertz CT molecular complexity index is 858. The van der Waals surface area contributed by atoms with E-state index in [1.54, 1.807) is 32.0 Å². The zero-order valence-corrected chi connectivity index (χ0v) is 16.2. The number of fused-ring (bicyclic) bond motifs is 1. The van der Waals surface area contributed by atoms with E-state index in [0.717, 1.165) is 0 Å². The highest BCUT2D eigenvalue weighted by molar-refractivity contribution is 5.54. The Morgan fingerprint density at radius 3 is 2.32 bits per heavy atom. The number of nitrogens with zero attached hydrogens (tertiary/aromatic N) is 2. The van der Waals surface area contributed by atoms with Crippen molar-refractivity contribution in [3.8, 4) is 17.9 Å². The predicted molar refractivity (Wildman–Crippen MR) is 93.9 cm³/mol. The Morgan fingerprint density at radius 1 is 0.964 bits per heavy atom. The Balaban J connectivity index is 1.69. The van der Waals surface area contributed by atoms with Crippen LogP contribution < -0.4 is 4.74 Å². The van der Waals surface area contributed by atoms with Gasteiger partial charge >= 0.3 is 0 Å². The second-order valence-corrected chi connectivity index (χ2v) is 8.07. The van der Waals surface area contributed by atoms with Crippen LogP contribution in [0.3, 0.4) is 0 Å². The molecule has 8 heteroatoms. The zero-order valence-electron chi connectivity index (χ0n) is 16.2. The van der Waals surface area contributed by atoms with Gasteiger partial charge in [0.05, 0.1) is 18.8 Å². The van der Waals surface area contributed by atoms with E-state index in [9.17, 15) is 10.5 Å². The van der Waals surface area contributed by atoms with Crippen LogP contribution in [0.15, 0.2) is 18.2 Å². The summed E-state index contributed by atoms with van der Waals surface area (Å²) in [6.45, 7) is 7.67. The lowest BCUT2D eigenvalue weighted by molar-refractivity contribution is -0.336. The van der Waals surface area contributed by atoms with Crippen LogP contribution in [0.1, 0.15) is 38.8 Å². The lowest BCUT2D eigenvalue weighted by Gasteiger charge is -2.44. The van der Waals surface area contributed by atoms with Crippen molar-refractivity contribution in [2.45, 2.75) is 63.4 Å². The van der Waals surface area contributed by atoms with E-state index >= 15 is 0 Å². The van der Waals surface area contributed by atoms with Crippen molar-refractivity contribution < 1.29 is 28.4 Å². The zero-order chi connectivity index (χ0) is 20.2. The Morgan fingerprint density at radius 2 is 1.68 bits per heavy atom. The van der Waals surface area contributed by atoms with E-state index in [2.05, 4.69) is 0 Å². The third-order valence-corrected chi connectivity index (χ3v) is 5.10. The minimum Gasteiger partial charge on any atom is -0.483 e. The topological polar surface area (TPSA) is 103 Å². The smallest absolute Gasteiger partial charge is 0.191 e. The van der Waals surface area contributed by atoms with Crippen molar-refractivity contribution in [2.24, 2.45) is 0 Å². The van der Waals surface area contributed by atoms with Crippen molar-refractivity contribution in [1.82, 2.24) is 0 Å². The maximum Gasteiger partial charge on any atom is 0.191 e. The van der Waals surface area contributed by atoms with Crippen LogP contribution in [0.2, 0.25) is 0 Å². The summed E-state index contributed by atoms with van der Waals surface area (Å²) in [5.74, 6) is -1.29. The van der Waals surface area contributed by atoms with Gasteiger partial charge in [-0.2, -0.15) is 10.5 Å². The van der Waals surface area contributed by atoms with Gasteiger partial charge in [0, 0.05) is 0 Å². The number of rotatable bonds is 2. The van der Waals surface area contributed by atoms with E-state index < -0.39 is 35.7 Å². The van der Waals surface area contributed by atoms with Crippen LogP contribution in [0.4, 0.5) is 0 Å². The molecule has 3 atom stereocenters. The molecule has 0 aromatic heterocycles. The van der Waals surface area contributed by atoms with Crippen molar-refractivity contribution in [3.05, 3.63) is 29.3 Å². The quantitative estimate of drug-likeness (QED) is 0.762. The number of hydrogen-bond acceptors (Lipinski definition) is 8. The molecule has 1 aromatic rings. The van der Waals surface area contributed by atoms with E-state index in [1.807, 2.05) is 26.0 Å². The lowest BCUT2D eigenvalue weighted by atomic mass is 9.95. The van der Waals surface area contributed by atoms with Gasteiger partial charge in [0.1, 0.15) is 23.5 Å². The van der Waals surface area contributed by atoms with Crippen LogP contribution in [-0.2, 0) is 23.7 Å². The molecule has 0 bridgehead atoms. The molecule has 1 spiro atoms. The molecule has 0 aliphatic carbocycles. The molecule has 3 unspecified atom stereocenters. The fraction of sp³-hybridized carbons (Fsp3) is 0.600. The van der Waals surface area contributed by atoms with Crippen LogP contribution in [-0.4, -0.2) is 48.9 Å². The summed E-state index contributed by atoms with van der Waals surface area (Å²) in [7, 11) is 0. The summed E-state index contributed by atoms with van der Waals surface area (Å²) in [6, 6.07) is 8.95. The minimum atomic E-state index is -0.962. The Kier molecular flexibility index (Phi) is 4.38. The average Bonchev–Trinajstić information content (AvgIpc) is 3.07. The standard InChI is InChI=1S/C20H22N2O6/c1-18(2)23-10-20(11-24-18)16(15-17(28-20)27-19(3,4)26-15)25-14-7-5-6-12(8-21)13(14)9-22/h5-7,15-17H,10-11H2,1-4H3. The molecule has 3 heterocycles. The van der Waals surface area contributed by atoms with Crippen LogP contribution in [0, 0.1) is 22.7 Å². The molecule has 148 valence electrons. The fourth-order valence-corrected chi connectivity index (χ4v) is 3.71. The van der Waals surface area contributed by atoms with Crippen molar-refractivity contribution in [3.63, 3.8) is 0 Å². The van der Waals surface area contributed by atoms with Gasteiger partial charge in [0.15, 0.2) is 35.7 Å². The fourth-order valence-electron chi connectivity index (χ4n) is 3.71. The van der Waals surface area contributed by atoms with Gasteiger partial charge < -0.3 is 28.4 Å². The van der Waals surface area contributed by atoms with E-state index in [1.165, 1.54) is 0 Å². The molecule has 3 aliphatic heterocycles. The predicted octanol–water partition coefficient (Wildman–Crippen LogP) is 2.21. The number of nitriles is 2. The summed E-state index contributed by atoms with van der Waals surface area (Å²) < 4.78 is 36.0. The van der Waals surface area contributed by atoms with E-state index in [-0.39, 0.29) is 30.1 Å². The molecule has 0 amide bonds. The number of hydrogen-bond donors (Lipinski definition) is 0. The second kappa shape index (κ2) is 6.41. The van der Waals surface area contributed by atoms with Gasteiger partial charge in [-0.05, 0) is 39.8 Å². The number of ether oxygens (including phenoxy) is 6. The molecular formula is C20H22N2O6. The second-order valence-electron chi connectivity index (χ2n) is 8.07. The van der Waals surface area contributed by atoms with Gasteiger partial charge in [-0.1, -0.05) is 6.07 Å². The Hall–Kier alpha value is -2.20. The van der Waals surface area contributed by atoms with Gasteiger partial charge in [0.25, 0.3) is 0 Å². The summed E-state index contributed by atoms with van der Waals surface area (Å²) in [5, 5.41) is 18.8. The molecule has 1 aromatic carbocycles. The van der Waals surface area contributed by atoms with E-state index in [4.69, 9.17) is 28.4 Å². The molecule has 3 saturated heterocycles. The largest absolute Gasteiger partial charge is 0.483 e. The summed E-state index contributed by atoms with van der Waals surface area (Å²) in [4.78, 5) is 0. The molecule has 28 heavy (non-hydrogen) atoms. The molecule has 0 saturated carbocycles. The van der Waals surface area contributed by atoms with Gasteiger partial charge in [-0.3, -0.25) is 0 Å².